The molecule has 2 heterocycles. The molecule has 0 radical (unpaired) electrons. The van der Waals surface area contributed by atoms with E-state index in [-0.39, 0.29) is 6.04 Å². The minimum atomic E-state index is 0.279. The van der Waals surface area contributed by atoms with Crippen LogP contribution in [0.2, 0.25) is 5.02 Å². The summed E-state index contributed by atoms with van der Waals surface area (Å²) in [5.41, 5.74) is 5.94. The number of hydrogen-bond acceptors (Lipinski definition) is 4. The molecule has 0 aromatic carbocycles. The van der Waals surface area contributed by atoms with Gasteiger partial charge >= 0.3 is 0 Å². The quantitative estimate of drug-likeness (QED) is 0.917. The van der Waals surface area contributed by atoms with Crippen molar-refractivity contribution in [3.05, 3.63) is 21.3 Å². The molecule has 1 aliphatic rings. The molecule has 1 fully saturated rings. The van der Waals surface area contributed by atoms with Gasteiger partial charge in [-0.1, -0.05) is 18.5 Å². The smallest absolute Gasteiger partial charge is 0.0622 e. The van der Waals surface area contributed by atoms with Crippen molar-refractivity contribution < 1.29 is 4.74 Å². The molecular formula is C12H19ClN2OS. The molecular weight excluding hydrogens is 256 g/mol. The molecule has 2 unspecified atom stereocenters. The summed E-state index contributed by atoms with van der Waals surface area (Å²) < 4.78 is 5.53. The number of morpholine rings is 1. The highest BCUT2D eigenvalue weighted by Gasteiger charge is 2.29. The highest BCUT2D eigenvalue weighted by atomic mass is 35.5. The lowest BCUT2D eigenvalue weighted by atomic mass is 10.1. The number of hydrogen-bond donors (Lipinski definition) is 1. The van der Waals surface area contributed by atoms with Gasteiger partial charge in [-0.2, -0.15) is 0 Å². The summed E-state index contributed by atoms with van der Waals surface area (Å²) in [5.74, 6) is 0. The van der Waals surface area contributed by atoms with Crippen LogP contribution >= 0.6 is 22.9 Å². The Balaban J connectivity index is 2.16. The van der Waals surface area contributed by atoms with Gasteiger partial charge in [0.2, 0.25) is 0 Å². The van der Waals surface area contributed by atoms with Gasteiger partial charge in [0.25, 0.3) is 0 Å². The summed E-state index contributed by atoms with van der Waals surface area (Å²) >= 11 is 7.69. The van der Waals surface area contributed by atoms with E-state index in [0.717, 1.165) is 31.2 Å². The highest BCUT2D eigenvalue weighted by Crippen LogP contribution is 2.31. The summed E-state index contributed by atoms with van der Waals surface area (Å²) in [6, 6.07) is 2.78. The van der Waals surface area contributed by atoms with Crippen LogP contribution in [0.1, 0.15) is 24.3 Å². The number of halogens is 1. The number of rotatable bonds is 4. The Morgan fingerprint density at radius 1 is 1.71 bits per heavy atom. The molecule has 2 N–H and O–H groups in total. The van der Waals surface area contributed by atoms with E-state index < -0.39 is 0 Å². The number of ether oxygens (including phenoxy) is 1. The third kappa shape index (κ3) is 3.01. The fourth-order valence-corrected chi connectivity index (χ4v) is 3.56. The Morgan fingerprint density at radius 2 is 2.53 bits per heavy atom. The molecule has 2 rings (SSSR count). The first-order chi connectivity index (χ1) is 8.26. The van der Waals surface area contributed by atoms with Crippen molar-refractivity contribution in [3.8, 4) is 0 Å². The molecule has 5 heteroatoms. The number of nitrogens with zero attached hydrogens (tertiary/aromatic N) is 1. The van der Waals surface area contributed by atoms with Crippen LogP contribution in [-0.4, -0.2) is 37.2 Å². The van der Waals surface area contributed by atoms with E-state index in [1.54, 1.807) is 11.3 Å². The van der Waals surface area contributed by atoms with Crippen LogP contribution in [0.3, 0.4) is 0 Å². The average Bonchev–Trinajstić information content (AvgIpc) is 2.77. The maximum absolute atomic E-state index is 6.00. The zero-order valence-corrected chi connectivity index (χ0v) is 11.6. The van der Waals surface area contributed by atoms with E-state index in [2.05, 4.69) is 11.8 Å². The monoisotopic (exact) mass is 274 g/mol. The number of thiophene rings is 1. The van der Waals surface area contributed by atoms with E-state index in [9.17, 15) is 0 Å². The molecule has 0 spiro atoms. The first kappa shape index (κ1) is 13.3. The largest absolute Gasteiger partial charge is 0.378 e. The maximum atomic E-state index is 6.00. The summed E-state index contributed by atoms with van der Waals surface area (Å²) in [6.07, 6.45) is 1.09. The fourth-order valence-electron chi connectivity index (χ4n) is 2.35. The van der Waals surface area contributed by atoms with Gasteiger partial charge in [0.15, 0.2) is 0 Å². The van der Waals surface area contributed by atoms with Crippen LogP contribution in [0.4, 0.5) is 0 Å². The van der Waals surface area contributed by atoms with Crippen molar-refractivity contribution >= 4 is 22.9 Å². The van der Waals surface area contributed by atoms with Crippen molar-refractivity contribution in [2.24, 2.45) is 5.73 Å². The zero-order chi connectivity index (χ0) is 12.3. The second-order valence-electron chi connectivity index (χ2n) is 4.29. The topological polar surface area (TPSA) is 38.5 Å². The van der Waals surface area contributed by atoms with E-state index in [4.69, 9.17) is 22.1 Å². The van der Waals surface area contributed by atoms with Crippen LogP contribution in [-0.2, 0) is 4.74 Å². The van der Waals surface area contributed by atoms with Crippen LogP contribution < -0.4 is 5.73 Å². The van der Waals surface area contributed by atoms with Gasteiger partial charge in [0.05, 0.1) is 24.3 Å². The lowest BCUT2D eigenvalue weighted by Crippen LogP contribution is -2.48. The van der Waals surface area contributed by atoms with Crippen LogP contribution in [0.5, 0.6) is 0 Å². The molecule has 0 amide bonds. The molecule has 1 saturated heterocycles. The molecule has 1 aromatic heterocycles. The molecule has 0 saturated carbocycles. The van der Waals surface area contributed by atoms with Gasteiger partial charge in [0.1, 0.15) is 0 Å². The Hall–Kier alpha value is -0.130. The second-order valence-corrected chi connectivity index (χ2v) is 5.67. The molecule has 0 bridgehead atoms. The fraction of sp³-hybridized carbons (Fsp3) is 0.667. The van der Waals surface area contributed by atoms with Gasteiger partial charge in [-0.3, -0.25) is 4.90 Å². The predicted molar refractivity (Wildman–Crippen MR) is 72.7 cm³/mol. The first-order valence-electron chi connectivity index (χ1n) is 6.03. The molecule has 1 aromatic rings. The SMILES string of the molecule is CCC1COCCN1C(CN)c1cc(Cl)cs1. The normalized spacial score (nSPS) is 23.8. The number of nitrogens with two attached hydrogens (primary N) is 1. The Bertz CT molecular complexity index is 358. The van der Waals surface area contributed by atoms with Crippen LogP contribution in [0.15, 0.2) is 11.4 Å². The van der Waals surface area contributed by atoms with Gasteiger partial charge in [-0.15, -0.1) is 11.3 Å². The lowest BCUT2D eigenvalue weighted by Gasteiger charge is -2.40. The molecule has 17 heavy (non-hydrogen) atoms. The molecule has 0 aliphatic carbocycles. The second kappa shape index (κ2) is 6.16. The Kier molecular flexibility index (Phi) is 4.82. The van der Waals surface area contributed by atoms with Gasteiger partial charge in [0, 0.05) is 29.4 Å². The minimum absolute atomic E-state index is 0.279. The maximum Gasteiger partial charge on any atom is 0.0622 e. The zero-order valence-electron chi connectivity index (χ0n) is 10.1. The van der Waals surface area contributed by atoms with Crippen molar-refractivity contribution in [3.63, 3.8) is 0 Å². The minimum Gasteiger partial charge on any atom is -0.378 e. The summed E-state index contributed by atoms with van der Waals surface area (Å²) in [7, 11) is 0. The molecule has 3 nitrogen and oxygen atoms in total. The first-order valence-corrected chi connectivity index (χ1v) is 7.29. The summed E-state index contributed by atoms with van der Waals surface area (Å²) in [4.78, 5) is 3.73. The van der Waals surface area contributed by atoms with Crippen molar-refractivity contribution in [1.29, 1.82) is 0 Å². The Morgan fingerprint density at radius 3 is 3.12 bits per heavy atom. The lowest BCUT2D eigenvalue weighted by molar-refractivity contribution is -0.0284. The van der Waals surface area contributed by atoms with E-state index >= 15 is 0 Å². The molecule has 96 valence electrons. The molecule has 2 atom stereocenters. The van der Waals surface area contributed by atoms with Crippen LogP contribution in [0.25, 0.3) is 0 Å². The van der Waals surface area contributed by atoms with Gasteiger partial charge in [-0.05, 0) is 12.5 Å². The standard InChI is InChI=1S/C12H19ClN2OS/c1-2-10-7-16-4-3-15(10)11(6-14)12-5-9(13)8-17-12/h5,8,10-11H,2-4,6-7,14H2,1H3. The van der Waals surface area contributed by atoms with Crippen molar-refractivity contribution in [1.82, 2.24) is 4.90 Å². The Labute approximate surface area is 112 Å². The molecule has 1 aliphatic heterocycles. The van der Waals surface area contributed by atoms with Gasteiger partial charge < -0.3 is 10.5 Å². The van der Waals surface area contributed by atoms with Crippen molar-refractivity contribution in [2.75, 3.05) is 26.3 Å². The third-order valence-corrected chi connectivity index (χ3v) is 4.67. The van der Waals surface area contributed by atoms with Crippen LogP contribution in [0, 0.1) is 0 Å². The average molecular weight is 275 g/mol. The van der Waals surface area contributed by atoms with E-state index in [1.165, 1.54) is 4.88 Å². The summed E-state index contributed by atoms with van der Waals surface area (Å²) in [6.45, 7) is 5.39. The highest BCUT2D eigenvalue weighted by molar-refractivity contribution is 7.10. The van der Waals surface area contributed by atoms with Crippen molar-refractivity contribution in [2.45, 2.75) is 25.4 Å². The van der Waals surface area contributed by atoms with E-state index in [1.807, 2.05) is 11.4 Å². The third-order valence-electron chi connectivity index (χ3n) is 3.28. The summed E-state index contributed by atoms with van der Waals surface area (Å²) in [5, 5.41) is 2.78. The van der Waals surface area contributed by atoms with E-state index in [0.29, 0.717) is 12.6 Å². The predicted octanol–water partition coefficient (Wildman–Crippen LogP) is 2.51. The van der Waals surface area contributed by atoms with Gasteiger partial charge in [-0.25, -0.2) is 0 Å².